The molecule has 0 spiro atoms. The largest absolute Gasteiger partial charge is 0.497 e. The lowest BCUT2D eigenvalue weighted by Gasteiger charge is -2.08. The minimum atomic E-state index is -0.0690. The molecule has 1 aromatic rings. The standard InChI is InChI=1S/C14H16N2O3S/c1-15-14-16(2)13(17)12(20-14)8-9-7-10(18-3)5-6-11(9)19-4/h5-8H,1-4H3/b12-8+,15-14?. The van der Waals surface area contributed by atoms with Gasteiger partial charge in [-0.2, -0.15) is 0 Å². The highest BCUT2D eigenvalue weighted by atomic mass is 32.2. The van der Waals surface area contributed by atoms with Crippen molar-refractivity contribution in [1.29, 1.82) is 0 Å². The molecule has 1 aliphatic heterocycles. The van der Waals surface area contributed by atoms with E-state index in [4.69, 9.17) is 9.47 Å². The zero-order valence-corrected chi connectivity index (χ0v) is 12.7. The van der Waals surface area contributed by atoms with E-state index in [2.05, 4.69) is 4.99 Å². The summed E-state index contributed by atoms with van der Waals surface area (Å²) in [5, 5.41) is 0.683. The summed E-state index contributed by atoms with van der Waals surface area (Å²) in [6, 6.07) is 5.46. The van der Waals surface area contributed by atoms with Crippen molar-refractivity contribution < 1.29 is 14.3 Å². The van der Waals surface area contributed by atoms with Crippen LogP contribution in [-0.2, 0) is 4.79 Å². The molecule has 2 rings (SSSR count). The third kappa shape index (κ3) is 2.65. The second-order valence-corrected chi connectivity index (χ2v) is 5.10. The second-order valence-electron chi connectivity index (χ2n) is 4.09. The van der Waals surface area contributed by atoms with E-state index in [-0.39, 0.29) is 5.91 Å². The van der Waals surface area contributed by atoms with Gasteiger partial charge < -0.3 is 9.47 Å². The zero-order valence-electron chi connectivity index (χ0n) is 11.8. The van der Waals surface area contributed by atoms with Gasteiger partial charge in [0.05, 0.1) is 19.1 Å². The van der Waals surface area contributed by atoms with Crippen LogP contribution in [0.3, 0.4) is 0 Å². The van der Waals surface area contributed by atoms with Crippen molar-refractivity contribution in [2.75, 3.05) is 28.3 Å². The van der Waals surface area contributed by atoms with E-state index in [1.807, 2.05) is 18.2 Å². The van der Waals surface area contributed by atoms with E-state index >= 15 is 0 Å². The maximum Gasteiger partial charge on any atom is 0.266 e. The predicted molar refractivity (Wildman–Crippen MR) is 81.2 cm³/mol. The average Bonchev–Trinajstić information content (AvgIpc) is 2.75. The van der Waals surface area contributed by atoms with Crippen molar-refractivity contribution in [3.05, 3.63) is 28.7 Å². The molecule has 6 heteroatoms. The van der Waals surface area contributed by atoms with E-state index in [1.165, 1.54) is 16.7 Å². The summed E-state index contributed by atoms with van der Waals surface area (Å²) in [6.07, 6.45) is 1.79. The van der Waals surface area contributed by atoms with Gasteiger partial charge in [0.25, 0.3) is 5.91 Å². The van der Waals surface area contributed by atoms with Gasteiger partial charge in [0.15, 0.2) is 5.17 Å². The lowest BCUT2D eigenvalue weighted by Crippen LogP contribution is -2.23. The number of ether oxygens (including phenoxy) is 2. The van der Waals surface area contributed by atoms with Gasteiger partial charge in [-0.25, -0.2) is 0 Å². The van der Waals surface area contributed by atoms with Crippen LogP contribution in [0.25, 0.3) is 6.08 Å². The number of amides is 1. The average molecular weight is 292 g/mol. The molecular weight excluding hydrogens is 276 g/mol. The number of methoxy groups -OCH3 is 2. The van der Waals surface area contributed by atoms with E-state index < -0.39 is 0 Å². The second kappa shape index (κ2) is 6.00. The predicted octanol–water partition coefficient (Wildman–Crippen LogP) is 2.24. The Labute approximate surface area is 122 Å². The molecule has 0 unspecified atom stereocenters. The highest BCUT2D eigenvalue weighted by molar-refractivity contribution is 8.18. The first-order valence-electron chi connectivity index (χ1n) is 5.97. The molecule has 1 heterocycles. The van der Waals surface area contributed by atoms with E-state index in [1.54, 1.807) is 34.4 Å². The van der Waals surface area contributed by atoms with Crippen molar-refractivity contribution in [2.45, 2.75) is 0 Å². The maximum atomic E-state index is 12.1. The zero-order chi connectivity index (χ0) is 14.7. The molecule has 0 aliphatic carbocycles. The van der Waals surface area contributed by atoms with Crippen molar-refractivity contribution in [3.8, 4) is 11.5 Å². The Bertz CT molecular complexity index is 596. The van der Waals surface area contributed by atoms with Gasteiger partial charge >= 0.3 is 0 Å². The van der Waals surface area contributed by atoms with Crippen LogP contribution in [0.2, 0.25) is 0 Å². The van der Waals surface area contributed by atoms with Gasteiger partial charge in [-0.15, -0.1) is 0 Å². The third-order valence-electron chi connectivity index (χ3n) is 2.92. The van der Waals surface area contributed by atoms with Gasteiger partial charge in [0.1, 0.15) is 11.5 Å². The molecule has 0 bridgehead atoms. The van der Waals surface area contributed by atoms with Gasteiger partial charge in [0.2, 0.25) is 0 Å². The van der Waals surface area contributed by atoms with Gasteiger partial charge in [-0.1, -0.05) is 0 Å². The number of aliphatic imine (C=N–C) groups is 1. The smallest absolute Gasteiger partial charge is 0.266 e. The van der Waals surface area contributed by atoms with Crippen molar-refractivity contribution in [2.24, 2.45) is 4.99 Å². The van der Waals surface area contributed by atoms with Crippen molar-refractivity contribution in [3.63, 3.8) is 0 Å². The van der Waals surface area contributed by atoms with Crippen LogP contribution in [0.1, 0.15) is 5.56 Å². The molecule has 1 aromatic carbocycles. The van der Waals surface area contributed by atoms with Crippen LogP contribution in [0.4, 0.5) is 0 Å². The monoisotopic (exact) mass is 292 g/mol. The van der Waals surface area contributed by atoms with Crippen LogP contribution < -0.4 is 9.47 Å². The number of hydrogen-bond acceptors (Lipinski definition) is 5. The molecule has 1 aliphatic rings. The summed E-state index contributed by atoms with van der Waals surface area (Å²) in [5.74, 6) is 1.34. The minimum absolute atomic E-state index is 0.0690. The van der Waals surface area contributed by atoms with Gasteiger partial charge in [-0.3, -0.25) is 14.7 Å². The Hall–Kier alpha value is -1.95. The van der Waals surface area contributed by atoms with Crippen LogP contribution in [0.15, 0.2) is 28.1 Å². The lowest BCUT2D eigenvalue weighted by atomic mass is 10.1. The highest BCUT2D eigenvalue weighted by Gasteiger charge is 2.29. The quantitative estimate of drug-likeness (QED) is 0.802. The van der Waals surface area contributed by atoms with Gasteiger partial charge in [-0.05, 0) is 36.0 Å². The fourth-order valence-corrected chi connectivity index (χ4v) is 2.76. The fourth-order valence-electron chi connectivity index (χ4n) is 1.84. The number of likely N-dealkylation sites (N-methyl/N-ethyl adjacent to an activating group) is 1. The maximum absolute atomic E-state index is 12.1. The third-order valence-corrected chi connectivity index (χ3v) is 4.07. The SMILES string of the molecule is CN=C1S/C(=C/c2cc(OC)ccc2OC)C(=O)N1C. The number of rotatable bonds is 3. The van der Waals surface area contributed by atoms with E-state index in [0.29, 0.717) is 21.6 Å². The molecule has 106 valence electrons. The number of thioether (sulfide) groups is 1. The first-order chi connectivity index (χ1) is 9.60. The molecule has 0 saturated carbocycles. The lowest BCUT2D eigenvalue weighted by molar-refractivity contribution is -0.121. The summed E-state index contributed by atoms with van der Waals surface area (Å²) in [5.41, 5.74) is 0.799. The normalized spacial score (nSPS) is 19.0. The highest BCUT2D eigenvalue weighted by Crippen LogP contribution is 2.34. The van der Waals surface area contributed by atoms with Crippen molar-refractivity contribution in [1.82, 2.24) is 4.90 Å². The minimum Gasteiger partial charge on any atom is -0.497 e. The number of amidine groups is 1. The van der Waals surface area contributed by atoms with Crippen LogP contribution in [0.5, 0.6) is 11.5 Å². The summed E-state index contributed by atoms with van der Waals surface area (Å²) in [7, 11) is 6.57. The summed E-state index contributed by atoms with van der Waals surface area (Å²) >= 11 is 1.35. The molecule has 0 radical (unpaired) electrons. The Morgan fingerprint density at radius 2 is 2.05 bits per heavy atom. The first kappa shape index (κ1) is 14.5. The van der Waals surface area contributed by atoms with E-state index in [9.17, 15) is 4.79 Å². The Morgan fingerprint density at radius 1 is 1.30 bits per heavy atom. The number of hydrogen-bond donors (Lipinski definition) is 0. The fraction of sp³-hybridized carbons (Fsp3) is 0.286. The van der Waals surface area contributed by atoms with Crippen LogP contribution in [0, 0.1) is 0 Å². The number of nitrogens with zero attached hydrogens (tertiary/aromatic N) is 2. The molecular formula is C14H16N2O3S. The molecule has 5 nitrogen and oxygen atoms in total. The summed E-state index contributed by atoms with van der Waals surface area (Å²) < 4.78 is 10.5. The van der Waals surface area contributed by atoms with E-state index in [0.717, 1.165) is 5.56 Å². The Morgan fingerprint density at radius 3 is 2.60 bits per heavy atom. The molecule has 20 heavy (non-hydrogen) atoms. The van der Waals surface area contributed by atoms with Crippen LogP contribution in [-0.4, -0.2) is 44.3 Å². The molecule has 1 fully saturated rings. The first-order valence-corrected chi connectivity index (χ1v) is 6.78. The van der Waals surface area contributed by atoms with Crippen LogP contribution >= 0.6 is 11.8 Å². The van der Waals surface area contributed by atoms with Gasteiger partial charge in [0, 0.05) is 19.7 Å². The number of carbonyl (C=O) groups excluding carboxylic acids is 1. The molecule has 1 saturated heterocycles. The molecule has 0 N–H and O–H groups in total. The Balaban J connectivity index is 2.42. The molecule has 0 aromatic heterocycles. The topological polar surface area (TPSA) is 51.1 Å². The number of benzene rings is 1. The molecule has 0 atom stereocenters. The Kier molecular flexibility index (Phi) is 4.34. The summed E-state index contributed by atoms with van der Waals surface area (Å²) in [4.78, 5) is 18.3. The summed E-state index contributed by atoms with van der Waals surface area (Å²) in [6.45, 7) is 0. The number of carbonyl (C=O) groups is 1. The molecule has 1 amide bonds. The van der Waals surface area contributed by atoms with Crippen molar-refractivity contribution >= 4 is 28.9 Å².